The fourth-order valence-corrected chi connectivity index (χ4v) is 3.05. The highest BCUT2D eigenvalue weighted by Gasteiger charge is 2.18. The largest absolute Gasteiger partial charge is 0.378 e. The highest BCUT2D eigenvalue weighted by Crippen LogP contribution is 2.19. The van der Waals surface area contributed by atoms with Gasteiger partial charge in [-0.05, 0) is 30.9 Å². The molecule has 5 heteroatoms. The van der Waals surface area contributed by atoms with Gasteiger partial charge in [0.2, 0.25) is 5.91 Å². The van der Waals surface area contributed by atoms with Gasteiger partial charge in [-0.2, -0.15) is 0 Å². The molecule has 0 unspecified atom stereocenters. The second kappa shape index (κ2) is 7.55. The summed E-state index contributed by atoms with van der Waals surface area (Å²) in [6, 6.07) is 7.51. The molecule has 1 aromatic rings. The summed E-state index contributed by atoms with van der Waals surface area (Å²) in [6.45, 7) is 0.753. The summed E-state index contributed by atoms with van der Waals surface area (Å²) < 4.78 is 16.9. The first-order valence-electron chi connectivity index (χ1n) is 6.94. The van der Waals surface area contributed by atoms with Gasteiger partial charge in [0.25, 0.3) is 0 Å². The second-order valence-corrected chi connectivity index (χ2v) is 6.55. The molecule has 0 aliphatic carbocycles. The van der Waals surface area contributed by atoms with Crippen LogP contribution in [-0.4, -0.2) is 29.1 Å². The number of rotatable bonds is 5. The molecule has 4 nitrogen and oxygen atoms in total. The van der Waals surface area contributed by atoms with Gasteiger partial charge in [0, 0.05) is 29.3 Å². The minimum absolute atomic E-state index is 0.0359. The van der Waals surface area contributed by atoms with Crippen molar-refractivity contribution in [2.45, 2.75) is 37.5 Å². The van der Waals surface area contributed by atoms with Gasteiger partial charge in [0.05, 0.1) is 18.3 Å². The summed E-state index contributed by atoms with van der Waals surface area (Å²) in [7, 11) is -0.924. The van der Waals surface area contributed by atoms with Crippen LogP contribution < -0.4 is 5.32 Å². The number of para-hydroxylation sites is 1. The molecule has 1 amide bonds. The maximum absolute atomic E-state index is 12.1. The zero-order chi connectivity index (χ0) is 14.4. The fourth-order valence-electron chi connectivity index (χ4n) is 2.36. The summed E-state index contributed by atoms with van der Waals surface area (Å²) in [5.41, 5.74) is 1.66. The SMILES string of the molecule is C[S@@](=O)Cc1ccccc1NC(=O)C[C@@H]1CCCCO1. The fraction of sp³-hybridized carbons (Fsp3) is 0.533. The van der Waals surface area contributed by atoms with Crippen LogP contribution in [0.3, 0.4) is 0 Å². The number of amides is 1. The summed E-state index contributed by atoms with van der Waals surface area (Å²) in [5, 5.41) is 2.91. The number of carbonyl (C=O) groups is 1. The van der Waals surface area contributed by atoms with Crippen molar-refractivity contribution in [3.63, 3.8) is 0 Å². The molecular formula is C15H21NO3S. The topological polar surface area (TPSA) is 55.4 Å². The van der Waals surface area contributed by atoms with Crippen LogP contribution in [0.2, 0.25) is 0 Å². The zero-order valence-corrected chi connectivity index (χ0v) is 12.6. The Labute approximate surface area is 122 Å². The van der Waals surface area contributed by atoms with E-state index in [4.69, 9.17) is 4.74 Å². The third-order valence-corrected chi connectivity index (χ3v) is 4.05. The van der Waals surface area contributed by atoms with Gasteiger partial charge in [0.15, 0.2) is 0 Å². The highest BCUT2D eigenvalue weighted by atomic mass is 32.2. The van der Waals surface area contributed by atoms with E-state index in [9.17, 15) is 9.00 Å². The molecule has 1 heterocycles. The Morgan fingerprint density at radius 3 is 2.90 bits per heavy atom. The number of nitrogens with one attached hydrogen (secondary N) is 1. The number of ether oxygens (including phenoxy) is 1. The van der Waals surface area contributed by atoms with Crippen LogP contribution in [-0.2, 0) is 26.1 Å². The average Bonchev–Trinajstić information content (AvgIpc) is 2.41. The zero-order valence-electron chi connectivity index (χ0n) is 11.8. The molecule has 1 aromatic carbocycles. The van der Waals surface area contributed by atoms with Crippen LogP contribution in [0.1, 0.15) is 31.2 Å². The maximum atomic E-state index is 12.1. The first-order chi connectivity index (χ1) is 9.65. The molecule has 0 spiro atoms. The van der Waals surface area contributed by atoms with Crippen molar-refractivity contribution in [1.29, 1.82) is 0 Å². The van der Waals surface area contributed by atoms with Gasteiger partial charge in [-0.3, -0.25) is 9.00 Å². The van der Waals surface area contributed by atoms with Crippen LogP contribution in [0.25, 0.3) is 0 Å². The predicted molar refractivity (Wildman–Crippen MR) is 81.1 cm³/mol. The Balaban J connectivity index is 1.94. The van der Waals surface area contributed by atoms with Crippen LogP contribution in [0.5, 0.6) is 0 Å². The molecule has 2 rings (SSSR count). The van der Waals surface area contributed by atoms with E-state index < -0.39 is 10.8 Å². The molecule has 0 aromatic heterocycles. The number of anilines is 1. The van der Waals surface area contributed by atoms with E-state index >= 15 is 0 Å². The second-order valence-electron chi connectivity index (χ2n) is 5.12. The van der Waals surface area contributed by atoms with Gasteiger partial charge < -0.3 is 10.1 Å². The van der Waals surface area contributed by atoms with E-state index in [1.807, 2.05) is 24.3 Å². The van der Waals surface area contributed by atoms with Crippen molar-refractivity contribution in [1.82, 2.24) is 0 Å². The van der Waals surface area contributed by atoms with Gasteiger partial charge in [-0.1, -0.05) is 18.2 Å². The van der Waals surface area contributed by atoms with Gasteiger partial charge >= 0.3 is 0 Å². The van der Waals surface area contributed by atoms with Crippen molar-refractivity contribution in [3.05, 3.63) is 29.8 Å². The molecule has 1 saturated heterocycles. The standard InChI is InChI=1S/C15H21NO3S/c1-20(18)11-12-6-2-3-8-14(12)16-15(17)10-13-7-4-5-9-19-13/h2-3,6,8,13H,4-5,7,9-11H2,1H3,(H,16,17)/t13-,20+/m0/s1. The Kier molecular flexibility index (Phi) is 5.73. The smallest absolute Gasteiger partial charge is 0.226 e. The highest BCUT2D eigenvalue weighted by molar-refractivity contribution is 7.83. The Morgan fingerprint density at radius 2 is 2.20 bits per heavy atom. The van der Waals surface area contributed by atoms with Gasteiger partial charge in [-0.15, -0.1) is 0 Å². The van der Waals surface area contributed by atoms with Crippen LogP contribution in [0.4, 0.5) is 5.69 Å². The molecule has 20 heavy (non-hydrogen) atoms. The van der Waals surface area contributed by atoms with Crippen molar-refractivity contribution >= 4 is 22.4 Å². The lowest BCUT2D eigenvalue weighted by Gasteiger charge is -2.22. The third kappa shape index (κ3) is 4.72. The number of hydrogen-bond donors (Lipinski definition) is 1. The van der Waals surface area contributed by atoms with Crippen molar-refractivity contribution in [2.75, 3.05) is 18.2 Å². The predicted octanol–water partition coefficient (Wildman–Crippen LogP) is 2.46. The molecule has 1 aliphatic heterocycles. The maximum Gasteiger partial charge on any atom is 0.226 e. The summed E-state index contributed by atoms with van der Waals surface area (Å²) >= 11 is 0. The van der Waals surface area contributed by atoms with E-state index in [2.05, 4.69) is 5.32 Å². The average molecular weight is 295 g/mol. The first-order valence-corrected chi connectivity index (χ1v) is 8.67. The van der Waals surface area contributed by atoms with E-state index in [1.54, 1.807) is 6.26 Å². The summed E-state index contributed by atoms with van der Waals surface area (Å²) in [4.78, 5) is 12.1. The van der Waals surface area contributed by atoms with E-state index in [-0.39, 0.29) is 12.0 Å². The number of benzene rings is 1. The lowest BCUT2D eigenvalue weighted by molar-refractivity contribution is -0.119. The molecule has 1 N–H and O–H groups in total. The third-order valence-electron chi connectivity index (χ3n) is 3.34. The molecule has 1 fully saturated rings. The molecular weight excluding hydrogens is 274 g/mol. The van der Waals surface area contributed by atoms with Crippen molar-refractivity contribution in [3.8, 4) is 0 Å². The van der Waals surface area contributed by atoms with Crippen molar-refractivity contribution in [2.24, 2.45) is 0 Å². The quantitative estimate of drug-likeness (QED) is 0.908. The Morgan fingerprint density at radius 1 is 1.40 bits per heavy atom. The van der Waals surface area contributed by atoms with E-state index in [0.717, 1.165) is 37.1 Å². The summed E-state index contributed by atoms with van der Waals surface area (Å²) in [6.07, 6.45) is 5.26. The Bertz CT molecular complexity index is 484. The summed E-state index contributed by atoms with van der Waals surface area (Å²) in [5.74, 6) is 0.419. The monoisotopic (exact) mass is 295 g/mol. The normalized spacial score (nSPS) is 20.4. The minimum atomic E-state index is -0.924. The lowest BCUT2D eigenvalue weighted by Crippen LogP contribution is -2.25. The molecule has 110 valence electrons. The van der Waals surface area contributed by atoms with E-state index in [1.165, 1.54) is 0 Å². The van der Waals surface area contributed by atoms with Gasteiger partial charge in [-0.25, -0.2) is 0 Å². The molecule has 1 aliphatic rings. The molecule has 0 radical (unpaired) electrons. The first kappa shape index (κ1) is 15.2. The molecule has 2 atom stereocenters. The Hall–Kier alpha value is -1.20. The number of carbonyl (C=O) groups excluding carboxylic acids is 1. The molecule has 0 bridgehead atoms. The number of hydrogen-bond acceptors (Lipinski definition) is 3. The van der Waals surface area contributed by atoms with Crippen molar-refractivity contribution < 1.29 is 13.7 Å². The van der Waals surface area contributed by atoms with Gasteiger partial charge in [0.1, 0.15) is 0 Å². The van der Waals surface area contributed by atoms with Crippen LogP contribution in [0, 0.1) is 0 Å². The minimum Gasteiger partial charge on any atom is -0.378 e. The van der Waals surface area contributed by atoms with E-state index in [0.29, 0.717) is 12.2 Å². The molecule has 0 saturated carbocycles. The lowest BCUT2D eigenvalue weighted by atomic mass is 10.1. The van der Waals surface area contributed by atoms with Crippen LogP contribution in [0.15, 0.2) is 24.3 Å². The van der Waals surface area contributed by atoms with Crippen LogP contribution >= 0.6 is 0 Å².